The average molecular weight is 239 g/mol. The van der Waals surface area contributed by atoms with Gasteiger partial charge in [-0.3, -0.25) is 0 Å². The molecular weight excluding hydrogens is 228 g/mol. The molecule has 4 aromatic rings. The Morgan fingerprint density at radius 3 is 1.00 bits per heavy atom. The average Bonchev–Trinajstić information content (AvgIpc) is 2.36. The first-order valence-electron chi connectivity index (χ1n) is 5.56. The zero-order valence-electron chi connectivity index (χ0n) is 9.18. The van der Waals surface area contributed by atoms with Gasteiger partial charge in [-0.25, -0.2) is 0 Å². The van der Waals surface area contributed by atoms with Crippen LogP contribution in [0.5, 0.6) is 0 Å². The van der Waals surface area contributed by atoms with E-state index in [0.29, 0.717) is 0 Å². The lowest BCUT2D eigenvalue weighted by atomic mass is 9.95. The maximum Gasteiger partial charge on any atom is -0.00268 e. The van der Waals surface area contributed by atoms with Crippen molar-refractivity contribution in [2.45, 2.75) is 0 Å². The topological polar surface area (TPSA) is 0 Å². The molecular formula is C16H11Cl. The summed E-state index contributed by atoms with van der Waals surface area (Å²) in [5.74, 6) is 0. The van der Waals surface area contributed by atoms with Crippen LogP contribution in [-0.4, -0.2) is 0 Å². The van der Waals surface area contributed by atoms with Crippen molar-refractivity contribution in [2.24, 2.45) is 0 Å². The zero-order chi connectivity index (χ0) is 10.5. The quantitative estimate of drug-likeness (QED) is 0.378. The molecule has 0 nitrogen and oxygen atoms in total. The maximum absolute atomic E-state index is 2.21. The van der Waals surface area contributed by atoms with Gasteiger partial charge in [-0.1, -0.05) is 60.7 Å². The SMILES string of the molecule is Cl.c1cc2ccc3cccc4ccc(c1)c2c34. The van der Waals surface area contributed by atoms with Crippen LogP contribution in [0.4, 0.5) is 0 Å². The Kier molecular flexibility index (Phi) is 2.20. The molecule has 0 aromatic heterocycles. The lowest BCUT2D eigenvalue weighted by Gasteiger charge is -2.09. The number of hydrogen-bond donors (Lipinski definition) is 0. The second-order valence-electron chi connectivity index (χ2n) is 4.29. The molecule has 0 aliphatic rings. The van der Waals surface area contributed by atoms with E-state index >= 15 is 0 Å². The molecule has 0 saturated heterocycles. The molecule has 0 aliphatic heterocycles. The van der Waals surface area contributed by atoms with E-state index in [1.807, 2.05) is 0 Å². The van der Waals surface area contributed by atoms with E-state index in [4.69, 9.17) is 0 Å². The first-order valence-corrected chi connectivity index (χ1v) is 5.56. The van der Waals surface area contributed by atoms with Crippen molar-refractivity contribution in [3.8, 4) is 0 Å². The van der Waals surface area contributed by atoms with Crippen LogP contribution >= 0.6 is 12.4 Å². The molecule has 17 heavy (non-hydrogen) atoms. The Labute approximate surface area is 106 Å². The van der Waals surface area contributed by atoms with E-state index in [1.54, 1.807) is 0 Å². The van der Waals surface area contributed by atoms with E-state index < -0.39 is 0 Å². The summed E-state index contributed by atoms with van der Waals surface area (Å²) in [6, 6.07) is 21.9. The molecule has 0 heterocycles. The molecule has 82 valence electrons. The second kappa shape index (κ2) is 3.61. The summed E-state index contributed by atoms with van der Waals surface area (Å²) < 4.78 is 0. The monoisotopic (exact) mass is 238 g/mol. The van der Waals surface area contributed by atoms with Gasteiger partial charge < -0.3 is 0 Å². The zero-order valence-corrected chi connectivity index (χ0v) is 10.00. The van der Waals surface area contributed by atoms with Crippen LogP contribution in [0, 0.1) is 0 Å². The van der Waals surface area contributed by atoms with Gasteiger partial charge in [0.05, 0.1) is 0 Å². The minimum atomic E-state index is 0. The summed E-state index contributed by atoms with van der Waals surface area (Å²) in [5, 5.41) is 8.14. The molecule has 0 unspecified atom stereocenters. The van der Waals surface area contributed by atoms with Gasteiger partial charge in [0, 0.05) is 0 Å². The van der Waals surface area contributed by atoms with Gasteiger partial charge in [-0.2, -0.15) is 0 Å². The van der Waals surface area contributed by atoms with Crippen LogP contribution in [0.25, 0.3) is 32.3 Å². The summed E-state index contributed by atoms with van der Waals surface area (Å²) in [6.07, 6.45) is 0. The van der Waals surface area contributed by atoms with Gasteiger partial charge >= 0.3 is 0 Å². The van der Waals surface area contributed by atoms with Gasteiger partial charge in [-0.05, 0) is 32.3 Å². The number of rotatable bonds is 0. The van der Waals surface area contributed by atoms with Crippen LogP contribution in [0.3, 0.4) is 0 Å². The number of benzene rings is 4. The third kappa shape index (κ3) is 1.31. The van der Waals surface area contributed by atoms with Crippen molar-refractivity contribution in [3.63, 3.8) is 0 Å². The smallest absolute Gasteiger partial charge is 0.00268 e. The summed E-state index contributed by atoms with van der Waals surface area (Å²) in [6.45, 7) is 0. The van der Waals surface area contributed by atoms with Crippen molar-refractivity contribution in [2.75, 3.05) is 0 Å². The highest BCUT2D eigenvalue weighted by molar-refractivity contribution is 6.22. The Morgan fingerprint density at radius 1 is 0.412 bits per heavy atom. The molecule has 0 bridgehead atoms. The highest BCUT2D eigenvalue weighted by Gasteiger charge is 2.05. The van der Waals surface area contributed by atoms with Crippen LogP contribution in [0.1, 0.15) is 0 Å². The molecule has 4 rings (SSSR count). The Hall–Kier alpha value is -1.79. The highest BCUT2D eigenvalue weighted by atomic mass is 35.5. The highest BCUT2D eigenvalue weighted by Crippen LogP contribution is 2.33. The Morgan fingerprint density at radius 2 is 0.706 bits per heavy atom. The van der Waals surface area contributed by atoms with E-state index in [9.17, 15) is 0 Å². The van der Waals surface area contributed by atoms with Crippen LogP contribution in [-0.2, 0) is 0 Å². The summed E-state index contributed by atoms with van der Waals surface area (Å²) in [4.78, 5) is 0. The minimum Gasteiger partial charge on any atom is -0.147 e. The molecule has 0 atom stereocenters. The van der Waals surface area contributed by atoms with Crippen molar-refractivity contribution in [1.29, 1.82) is 0 Å². The van der Waals surface area contributed by atoms with Gasteiger partial charge in [0.2, 0.25) is 0 Å². The molecule has 1 heteroatoms. The molecule has 0 aliphatic carbocycles. The number of hydrogen-bond acceptors (Lipinski definition) is 0. The van der Waals surface area contributed by atoms with Crippen molar-refractivity contribution in [3.05, 3.63) is 60.7 Å². The molecule has 0 radical (unpaired) electrons. The van der Waals surface area contributed by atoms with E-state index in [2.05, 4.69) is 60.7 Å². The molecule has 0 N–H and O–H groups in total. The third-order valence-electron chi connectivity index (χ3n) is 3.39. The van der Waals surface area contributed by atoms with Crippen molar-refractivity contribution >= 4 is 44.7 Å². The Bertz CT molecular complexity index is 672. The molecule has 0 amide bonds. The maximum atomic E-state index is 2.21. The molecule has 0 spiro atoms. The summed E-state index contributed by atoms with van der Waals surface area (Å²) in [7, 11) is 0. The summed E-state index contributed by atoms with van der Waals surface area (Å²) in [5.41, 5.74) is 0. The normalized spacial score (nSPS) is 11.1. The van der Waals surface area contributed by atoms with Crippen LogP contribution in [0.15, 0.2) is 60.7 Å². The minimum absolute atomic E-state index is 0. The standard InChI is InChI=1S/C16H10.ClH/c1-3-11-7-9-13-5-2-6-14-10-8-12(4-1)15(11)16(13)14;/h1-10H;1H. The van der Waals surface area contributed by atoms with E-state index in [1.165, 1.54) is 32.3 Å². The first kappa shape index (κ1) is 10.4. The lowest BCUT2D eigenvalue weighted by molar-refractivity contribution is 1.78. The number of halogens is 1. The second-order valence-corrected chi connectivity index (χ2v) is 4.29. The predicted octanol–water partition coefficient (Wildman–Crippen LogP) is 5.01. The van der Waals surface area contributed by atoms with Crippen molar-refractivity contribution in [1.82, 2.24) is 0 Å². The predicted molar refractivity (Wildman–Crippen MR) is 77.4 cm³/mol. The molecule has 0 fully saturated rings. The fourth-order valence-electron chi connectivity index (χ4n) is 2.67. The fourth-order valence-corrected chi connectivity index (χ4v) is 2.67. The molecule has 0 saturated carbocycles. The fraction of sp³-hybridized carbons (Fsp3) is 0. The lowest BCUT2D eigenvalue weighted by Crippen LogP contribution is -1.82. The van der Waals surface area contributed by atoms with Crippen molar-refractivity contribution < 1.29 is 0 Å². The van der Waals surface area contributed by atoms with Gasteiger partial charge in [0.15, 0.2) is 0 Å². The van der Waals surface area contributed by atoms with Gasteiger partial charge in [-0.15, -0.1) is 12.4 Å². The first-order chi connectivity index (χ1) is 7.93. The third-order valence-corrected chi connectivity index (χ3v) is 3.39. The van der Waals surface area contributed by atoms with E-state index in [0.717, 1.165) is 0 Å². The van der Waals surface area contributed by atoms with Crippen LogP contribution in [0.2, 0.25) is 0 Å². The molecule has 4 aromatic carbocycles. The van der Waals surface area contributed by atoms with Gasteiger partial charge in [0.25, 0.3) is 0 Å². The van der Waals surface area contributed by atoms with Crippen LogP contribution < -0.4 is 0 Å². The Balaban J connectivity index is 0.000000902. The summed E-state index contributed by atoms with van der Waals surface area (Å²) >= 11 is 0. The largest absolute Gasteiger partial charge is 0.147 e. The van der Waals surface area contributed by atoms with Gasteiger partial charge in [0.1, 0.15) is 0 Å². The van der Waals surface area contributed by atoms with E-state index in [-0.39, 0.29) is 12.4 Å².